The molecule has 6 rings (SSSR count). The Labute approximate surface area is 221 Å². The van der Waals surface area contributed by atoms with Crippen LogP contribution in [0.15, 0.2) is 48.9 Å². The third-order valence-corrected chi connectivity index (χ3v) is 9.38. The molecule has 198 valence electrons. The van der Waals surface area contributed by atoms with Crippen LogP contribution in [0.3, 0.4) is 0 Å². The Morgan fingerprint density at radius 1 is 0.946 bits per heavy atom. The molecule has 0 aromatic carbocycles. The van der Waals surface area contributed by atoms with Gasteiger partial charge in [0.05, 0.1) is 0 Å². The summed E-state index contributed by atoms with van der Waals surface area (Å²) in [6, 6.07) is 11.6. The first-order chi connectivity index (χ1) is 18.3. The van der Waals surface area contributed by atoms with Gasteiger partial charge in [0.25, 0.3) is 0 Å². The third kappa shape index (κ3) is 5.53. The third-order valence-electron chi connectivity index (χ3n) is 9.38. The van der Waals surface area contributed by atoms with Gasteiger partial charge in [-0.15, -0.1) is 0 Å². The van der Waals surface area contributed by atoms with E-state index >= 15 is 0 Å². The molecule has 0 saturated carbocycles. The van der Waals surface area contributed by atoms with Crippen LogP contribution >= 0.6 is 0 Å². The summed E-state index contributed by atoms with van der Waals surface area (Å²) in [6.45, 7) is 8.09. The van der Waals surface area contributed by atoms with E-state index in [4.69, 9.17) is 0 Å². The Hall–Kier alpha value is -2.51. The molecule has 7 heteroatoms. The maximum absolute atomic E-state index is 13.2. The van der Waals surface area contributed by atoms with Crippen molar-refractivity contribution in [3.05, 3.63) is 54.5 Å². The summed E-state index contributed by atoms with van der Waals surface area (Å²) < 4.78 is 0. The molecule has 2 aromatic rings. The van der Waals surface area contributed by atoms with Gasteiger partial charge >= 0.3 is 0 Å². The summed E-state index contributed by atoms with van der Waals surface area (Å²) in [6.07, 6.45) is 13.9. The lowest BCUT2D eigenvalue weighted by molar-refractivity contribution is -0.131. The van der Waals surface area contributed by atoms with Gasteiger partial charge in [-0.2, -0.15) is 0 Å². The second-order valence-corrected chi connectivity index (χ2v) is 11.5. The van der Waals surface area contributed by atoms with Gasteiger partial charge in [-0.25, -0.2) is 4.98 Å². The lowest BCUT2D eigenvalue weighted by Crippen LogP contribution is -2.64. The van der Waals surface area contributed by atoms with Crippen LogP contribution in [-0.4, -0.2) is 88.5 Å². The summed E-state index contributed by atoms with van der Waals surface area (Å²) in [5, 5.41) is 0. The van der Waals surface area contributed by atoms with Crippen molar-refractivity contribution in [1.82, 2.24) is 24.7 Å². The number of likely N-dealkylation sites (tertiary alicyclic amines) is 1. The second kappa shape index (κ2) is 11.5. The first-order valence-corrected chi connectivity index (χ1v) is 14.6. The minimum atomic E-state index is 0.330. The predicted molar refractivity (Wildman–Crippen MR) is 146 cm³/mol. The van der Waals surface area contributed by atoms with E-state index < -0.39 is 0 Å². The highest BCUT2D eigenvalue weighted by Crippen LogP contribution is 2.43. The van der Waals surface area contributed by atoms with Crippen LogP contribution in [0, 0.1) is 11.8 Å². The number of aromatic nitrogens is 2. The monoisotopic (exact) mass is 502 g/mol. The normalized spacial score (nSPS) is 28.6. The van der Waals surface area contributed by atoms with Crippen LogP contribution in [0.4, 0.5) is 5.82 Å². The quantitative estimate of drug-likeness (QED) is 0.576. The molecule has 0 aliphatic carbocycles. The number of rotatable bonds is 7. The Kier molecular flexibility index (Phi) is 7.70. The molecule has 1 amide bonds. The van der Waals surface area contributed by atoms with Gasteiger partial charge in [-0.1, -0.05) is 12.1 Å². The van der Waals surface area contributed by atoms with Crippen molar-refractivity contribution in [2.24, 2.45) is 11.8 Å². The highest BCUT2D eigenvalue weighted by Gasteiger charge is 2.48. The molecule has 0 bridgehead atoms. The summed E-state index contributed by atoms with van der Waals surface area (Å²) in [7, 11) is 0. The van der Waals surface area contributed by atoms with Crippen molar-refractivity contribution in [2.45, 2.75) is 63.6 Å². The number of amides is 1. The molecule has 0 spiro atoms. The van der Waals surface area contributed by atoms with E-state index in [2.05, 4.69) is 47.8 Å². The average molecular weight is 503 g/mol. The predicted octanol–water partition coefficient (Wildman–Crippen LogP) is 3.67. The highest BCUT2D eigenvalue weighted by atomic mass is 16.2. The first-order valence-electron chi connectivity index (χ1n) is 14.6. The van der Waals surface area contributed by atoms with Crippen molar-refractivity contribution in [3.8, 4) is 0 Å². The van der Waals surface area contributed by atoms with E-state index in [9.17, 15) is 4.79 Å². The fourth-order valence-electron chi connectivity index (χ4n) is 7.73. The van der Waals surface area contributed by atoms with E-state index in [1.54, 1.807) is 0 Å². The average Bonchev–Trinajstić information content (AvgIpc) is 2.96. The van der Waals surface area contributed by atoms with E-state index in [-0.39, 0.29) is 0 Å². The zero-order chi connectivity index (χ0) is 25.0. The van der Waals surface area contributed by atoms with Gasteiger partial charge < -0.3 is 9.80 Å². The Balaban J connectivity index is 1.07. The standard InChI is InChI=1S/C30H42N6O/c37-29(34-19-17-33(18-20-34)28-11-1-2-14-32-28)12-3-10-27-26-9-6-16-35-15-5-8-25(30(26)35)23-36(27)22-24-7-4-13-31-21-24/h1-2,4,7,11,13-14,21,25-27,30H,3,5-6,8-10,12,15-20,22-23H2/t25-,26+,27+,30-/m0/s1. The number of anilines is 1. The molecule has 6 heterocycles. The van der Waals surface area contributed by atoms with Gasteiger partial charge in [0.2, 0.25) is 5.91 Å². The molecule has 4 atom stereocenters. The van der Waals surface area contributed by atoms with Crippen LogP contribution in [0.2, 0.25) is 0 Å². The Morgan fingerprint density at radius 2 is 1.81 bits per heavy atom. The smallest absolute Gasteiger partial charge is 0.222 e. The van der Waals surface area contributed by atoms with E-state index in [0.717, 1.165) is 69.3 Å². The molecule has 4 aliphatic heterocycles. The highest BCUT2D eigenvalue weighted by molar-refractivity contribution is 5.76. The number of pyridine rings is 2. The second-order valence-electron chi connectivity index (χ2n) is 11.5. The lowest BCUT2D eigenvalue weighted by Gasteiger charge is -2.57. The zero-order valence-corrected chi connectivity index (χ0v) is 22.1. The largest absolute Gasteiger partial charge is 0.353 e. The van der Waals surface area contributed by atoms with Crippen molar-refractivity contribution in [1.29, 1.82) is 0 Å². The van der Waals surface area contributed by atoms with Crippen LogP contribution in [-0.2, 0) is 11.3 Å². The Bertz CT molecular complexity index is 1010. The molecule has 4 saturated heterocycles. The van der Waals surface area contributed by atoms with Gasteiger partial charge in [-0.3, -0.25) is 19.6 Å². The molecule has 37 heavy (non-hydrogen) atoms. The van der Waals surface area contributed by atoms with Gasteiger partial charge in [-0.05, 0) is 87.2 Å². The molecular weight excluding hydrogens is 460 g/mol. The van der Waals surface area contributed by atoms with Crippen molar-refractivity contribution >= 4 is 11.7 Å². The Morgan fingerprint density at radius 3 is 2.59 bits per heavy atom. The van der Waals surface area contributed by atoms with Crippen molar-refractivity contribution in [3.63, 3.8) is 0 Å². The van der Waals surface area contributed by atoms with Crippen LogP contribution in [0.25, 0.3) is 0 Å². The van der Waals surface area contributed by atoms with Crippen LogP contribution in [0.5, 0.6) is 0 Å². The van der Waals surface area contributed by atoms with Crippen molar-refractivity contribution in [2.75, 3.05) is 50.7 Å². The fourth-order valence-corrected chi connectivity index (χ4v) is 7.73. The lowest BCUT2D eigenvalue weighted by atomic mass is 9.69. The molecule has 4 fully saturated rings. The maximum atomic E-state index is 13.2. The molecule has 0 unspecified atom stereocenters. The molecule has 7 nitrogen and oxygen atoms in total. The van der Waals surface area contributed by atoms with Crippen LogP contribution in [0.1, 0.15) is 50.5 Å². The first kappa shape index (κ1) is 24.8. The summed E-state index contributed by atoms with van der Waals surface area (Å²) in [5.41, 5.74) is 1.32. The number of carbonyl (C=O) groups excluding carboxylic acids is 1. The maximum Gasteiger partial charge on any atom is 0.222 e. The number of piperazine rings is 1. The van der Waals surface area contributed by atoms with E-state index in [1.165, 1.54) is 50.9 Å². The topological polar surface area (TPSA) is 55.8 Å². The number of carbonyl (C=O) groups is 1. The van der Waals surface area contributed by atoms with E-state index in [0.29, 0.717) is 18.4 Å². The summed E-state index contributed by atoms with van der Waals surface area (Å²) in [4.78, 5) is 32.0. The number of hydrogen-bond acceptors (Lipinski definition) is 6. The summed E-state index contributed by atoms with van der Waals surface area (Å²) >= 11 is 0. The number of nitrogens with zero attached hydrogens (tertiary/aromatic N) is 6. The van der Waals surface area contributed by atoms with Gasteiger partial charge in [0.15, 0.2) is 0 Å². The summed E-state index contributed by atoms with van der Waals surface area (Å²) in [5.74, 6) is 2.88. The number of piperidine rings is 3. The van der Waals surface area contributed by atoms with Crippen LogP contribution < -0.4 is 4.90 Å². The SMILES string of the molecule is O=C(CCC[C@@H]1[C@H]2CCCN3CCC[C@@H](CN1Cc1cccnc1)[C@@H]23)N1CCN(c2ccccn2)CC1. The molecular formula is C30H42N6O. The molecule has 2 aromatic heterocycles. The minimum absolute atomic E-state index is 0.330. The minimum Gasteiger partial charge on any atom is -0.353 e. The molecule has 0 radical (unpaired) electrons. The number of hydrogen-bond donors (Lipinski definition) is 0. The van der Waals surface area contributed by atoms with Crippen molar-refractivity contribution < 1.29 is 4.79 Å². The molecule has 4 aliphatic rings. The zero-order valence-electron chi connectivity index (χ0n) is 22.1. The fraction of sp³-hybridized carbons (Fsp3) is 0.633. The molecule has 0 N–H and O–H groups in total. The van der Waals surface area contributed by atoms with Gasteiger partial charge in [0, 0.05) is 76.4 Å². The van der Waals surface area contributed by atoms with E-state index in [1.807, 2.05) is 30.7 Å². The van der Waals surface area contributed by atoms with Gasteiger partial charge in [0.1, 0.15) is 5.82 Å².